The van der Waals surface area contributed by atoms with Crippen LogP contribution < -0.4 is 5.32 Å². The molecular formula is C20H29N3O2. The van der Waals surface area contributed by atoms with E-state index in [1.165, 1.54) is 0 Å². The first kappa shape index (κ1) is 18.0. The third-order valence-corrected chi connectivity index (χ3v) is 5.11. The highest BCUT2D eigenvalue weighted by molar-refractivity contribution is 5.83. The van der Waals surface area contributed by atoms with Crippen LogP contribution in [-0.4, -0.2) is 55.5 Å². The lowest BCUT2D eigenvalue weighted by Gasteiger charge is -2.32. The van der Waals surface area contributed by atoms with Crippen LogP contribution >= 0.6 is 0 Å². The molecule has 136 valence electrons. The molecule has 1 unspecified atom stereocenters. The summed E-state index contributed by atoms with van der Waals surface area (Å²) in [5.74, 6) is 1.21. The summed E-state index contributed by atoms with van der Waals surface area (Å²) in [6.45, 7) is 10.7. The zero-order valence-electron chi connectivity index (χ0n) is 15.7. The molecule has 25 heavy (non-hydrogen) atoms. The van der Waals surface area contributed by atoms with Crippen molar-refractivity contribution in [3.8, 4) is 0 Å². The van der Waals surface area contributed by atoms with Gasteiger partial charge in [0.2, 0.25) is 5.91 Å². The molecule has 1 aromatic heterocycles. The van der Waals surface area contributed by atoms with Crippen LogP contribution in [0.1, 0.15) is 31.2 Å². The molecule has 1 fully saturated rings. The summed E-state index contributed by atoms with van der Waals surface area (Å²) in [4.78, 5) is 17.1. The molecule has 1 aromatic carbocycles. The van der Waals surface area contributed by atoms with Gasteiger partial charge in [-0.3, -0.25) is 9.69 Å². The molecule has 5 nitrogen and oxygen atoms in total. The van der Waals surface area contributed by atoms with E-state index in [-0.39, 0.29) is 17.9 Å². The molecule has 1 atom stereocenters. The number of aryl methyl sites for hydroxylation is 1. The topological polar surface area (TPSA) is 48.7 Å². The summed E-state index contributed by atoms with van der Waals surface area (Å²) in [5, 5.41) is 4.33. The fourth-order valence-electron chi connectivity index (χ4n) is 3.45. The zero-order valence-corrected chi connectivity index (χ0v) is 15.7. The molecule has 1 saturated heterocycles. The highest BCUT2D eigenvalue weighted by atomic mass is 16.3. The summed E-state index contributed by atoms with van der Waals surface area (Å²) < 4.78 is 6.09. The highest BCUT2D eigenvalue weighted by Crippen LogP contribution is 2.32. The van der Waals surface area contributed by atoms with Gasteiger partial charge >= 0.3 is 0 Å². The number of hydrogen-bond acceptors (Lipinski definition) is 4. The number of hydrogen-bond donors (Lipinski definition) is 1. The minimum absolute atomic E-state index is 0.0723. The normalized spacial score (nSPS) is 18.0. The smallest absolute Gasteiger partial charge is 0.234 e. The van der Waals surface area contributed by atoms with Crippen molar-refractivity contribution in [2.75, 3.05) is 39.8 Å². The third-order valence-electron chi connectivity index (χ3n) is 5.11. The number of piperazine rings is 1. The van der Waals surface area contributed by atoms with Crippen molar-refractivity contribution in [2.24, 2.45) is 5.92 Å². The molecule has 1 N–H and O–H groups in total. The molecule has 3 rings (SSSR count). The highest BCUT2D eigenvalue weighted by Gasteiger charge is 2.26. The average molecular weight is 343 g/mol. The van der Waals surface area contributed by atoms with Crippen molar-refractivity contribution < 1.29 is 9.21 Å². The fraction of sp³-hybridized carbons (Fsp3) is 0.550. The molecule has 2 aromatic rings. The third kappa shape index (κ3) is 4.05. The van der Waals surface area contributed by atoms with Crippen LogP contribution in [0.2, 0.25) is 0 Å². The number of carbonyl (C=O) groups excluding carboxylic acids is 1. The fourth-order valence-corrected chi connectivity index (χ4v) is 3.45. The Balaban J connectivity index is 1.72. The molecule has 0 bridgehead atoms. The Morgan fingerprint density at radius 2 is 1.88 bits per heavy atom. The van der Waals surface area contributed by atoms with E-state index < -0.39 is 0 Å². The predicted molar refractivity (Wildman–Crippen MR) is 101 cm³/mol. The van der Waals surface area contributed by atoms with Gasteiger partial charge in [0.25, 0.3) is 0 Å². The monoisotopic (exact) mass is 343 g/mol. The first-order valence-corrected chi connectivity index (χ1v) is 9.14. The molecule has 0 saturated carbocycles. The number of rotatable bonds is 5. The quantitative estimate of drug-likeness (QED) is 0.907. The largest absolute Gasteiger partial charge is 0.459 e. The number of para-hydroxylation sites is 1. The Hall–Kier alpha value is -1.85. The minimum atomic E-state index is -0.104. The zero-order chi connectivity index (χ0) is 18.0. The van der Waals surface area contributed by atoms with Crippen LogP contribution in [0.15, 0.2) is 28.7 Å². The van der Waals surface area contributed by atoms with Crippen LogP contribution in [0.5, 0.6) is 0 Å². The van der Waals surface area contributed by atoms with E-state index in [1.54, 1.807) is 0 Å². The van der Waals surface area contributed by atoms with Gasteiger partial charge in [-0.05, 0) is 26.0 Å². The van der Waals surface area contributed by atoms with E-state index in [1.807, 2.05) is 18.2 Å². The second-order valence-corrected chi connectivity index (χ2v) is 7.46. The minimum Gasteiger partial charge on any atom is -0.459 e. The van der Waals surface area contributed by atoms with Gasteiger partial charge in [0.15, 0.2) is 0 Å². The predicted octanol–water partition coefficient (Wildman–Crippen LogP) is 2.80. The van der Waals surface area contributed by atoms with E-state index in [0.29, 0.717) is 6.54 Å². The molecule has 5 heteroatoms. The Morgan fingerprint density at radius 1 is 1.20 bits per heavy atom. The lowest BCUT2D eigenvalue weighted by atomic mass is 9.98. The number of likely N-dealkylation sites (N-methyl/N-ethyl adjacent to an activating group) is 1. The van der Waals surface area contributed by atoms with Crippen LogP contribution in [0.3, 0.4) is 0 Å². The summed E-state index contributed by atoms with van der Waals surface area (Å²) in [7, 11) is 2.12. The Labute approximate surface area is 150 Å². The first-order valence-electron chi connectivity index (χ1n) is 9.14. The number of fused-ring (bicyclic) bond motifs is 1. The maximum atomic E-state index is 12.6. The molecule has 0 spiro atoms. The second kappa shape index (κ2) is 7.58. The number of carbonyl (C=O) groups is 1. The number of benzene rings is 1. The Kier molecular flexibility index (Phi) is 5.45. The number of amides is 1. The molecule has 1 amide bonds. The van der Waals surface area contributed by atoms with Crippen LogP contribution in [0.4, 0.5) is 0 Å². The van der Waals surface area contributed by atoms with Crippen LogP contribution in [0.25, 0.3) is 11.0 Å². The standard InChI is InChI=1S/C20H29N3O2/c1-14(2)19(20-15(3)16-7-5-6-8-17(16)25-20)21-18(24)13-23-11-9-22(4)10-12-23/h5-8,14,19H,9-13H2,1-4H3,(H,21,24). The van der Waals surface area contributed by atoms with Gasteiger partial charge in [0.05, 0.1) is 12.6 Å². The summed E-state index contributed by atoms with van der Waals surface area (Å²) in [6.07, 6.45) is 0. The molecule has 0 radical (unpaired) electrons. The molecule has 1 aliphatic heterocycles. The second-order valence-electron chi connectivity index (χ2n) is 7.46. The van der Waals surface area contributed by atoms with Gasteiger partial charge in [-0.25, -0.2) is 0 Å². The van der Waals surface area contributed by atoms with Gasteiger partial charge in [0.1, 0.15) is 11.3 Å². The van der Waals surface area contributed by atoms with Gasteiger partial charge in [-0.15, -0.1) is 0 Å². The summed E-state index contributed by atoms with van der Waals surface area (Å²) in [6, 6.07) is 7.94. The molecular weight excluding hydrogens is 314 g/mol. The summed E-state index contributed by atoms with van der Waals surface area (Å²) in [5.41, 5.74) is 2.00. The van der Waals surface area contributed by atoms with E-state index >= 15 is 0 Å². The lowest BCUT2D eigenvalue weighted by Crippen LogP contribution is -2.48. The Morgan fingerprint density at radius 3 is 2.52 bits per heavy atom. The van der Waals surface area contributed by atoms with E-state index in [4.69, 9.17) is 4.42 Å². The molecule has 1 aliphatic rings. The van der Waals surface area contributed by atoms with Crippen molar-refractivity contribution in [1.29, 1.82) is 0 Å². The summed E-state index contributed by atoms with van der Waals surface area (Å²) >= 11 is 0. The average Bonchev–Trinajstić information content (AvgIpc) is 2.91. The number of nitrogens with one attached hydrogen (secondary N) is 1. The lowest BCUT2D eigenvalue weighted by molar-refractivity contribution is -0.123. The van der Waals surface area contributed by atoms with Crippen molar-refractivity contribution in [3.05, 3.63) is 35.6 Å². The molecule has 2 heterocycles. The van der Waals surface area contributed by atoms with E-state index in [0.717, 1.165) is 48.5 Å². The van der Waals surface area contributed by atoms with Crippen molar-refractivity contribution >= 4 is 16.9 Å². The van der Waals surface area contributed by atoms with E-state index in [9.17, 15) is 4.79 Å². The van der Waals surface area contributed by atoms with Crippen molar-refractivity contribution in [2.45, 2.75) is 26.8 Å². The van der Waals surface area contributed by atoms with Gasteiger partial charge in [-0.2, -0.15) is 0 Å². The molecule has 0 aliphatic carbocycles. The van der Waals surface area contributed by atoms with Gasteiger partial charge in [-0.1, -0.05) is 32.0 Å². The first-order chi connectivity index (χ1) is 12.0. The number of nitrogens with zero attached hydrogens (tertiary/aromatic N) is 2. The van der Waals surface area contributed by atoms with Crippen molar-refractivity contribution in [1.82, 2.24) is 15.1 Å². The Bertz CT molecular complexity index is 730. The maximum Gasteiger partial charge on any atom is 0.234 e. The number of furan rings is 1. The van der Waals surface area contributed by atoms with Crippen molar-refractivity contribution in [3.63, 3.8) is 0 Å². The van der Waals surface area contributed by atoms with Crippen LogP contribution in [0, 0.1) is 12.8 Å². The maximum absolute atomic E-state index is 12.6. The van der Waals surface area contributed by atoms with Gasteiger partial charge < -0.3 is 14.6 Å². The van der Waals surface area contributed by atoms with Gasteiger partial charge in [0, 0.05) is 37.1 Å². The SMILES string of the molecule is Cc1c(C(NC(=O)CN2CCN(C)CC2)C(C)C)oc2ccccc12. The van der Waals surface area contributed by atoms with E-state index in [2.05, 4.69) is 49.0 Å². The van der Waals surface area contributed by atoms with Crippen LogP contribution in [-0.2, 0) is 4.79 Å².